The van der Waals surface area contributed by atoms with Gasteiger partial charge >= 0.3 is 0 Å². The normalized spacial score (nSPS) is 20.4. The molecule has 0 N–H and O–H groups in total. The fraction of sp³-hybridized carbons (Fsp3) is 0.682. The maximum Gasteiger partial charge on any atom is 0.192 e. The molecule has 1 heterocycles. The smallest absolute Gasteiger partial charge is 0.192 e. The van der Waals surface area contributed by atoms with E-state index in [-0.39, 0.29) is 18.2 Å². The molecule has 0 aromatic heterocycles. The van der Waals surface area contributed by atoms with E-state index in [4.69, 9.17) is 14.7 Å². The summed E-state index contributed by atoms with van der Waals surface area (Å²) in [5, 5.41) is 3.76. The zero-order valence-electron chi connectivity index (χ0n) is 20.6. The Morgan fingerprint density at radius 3 is 2.47 bits per heavy atom. The van der Waals surface area contributed by atoms with Crippen molar-refractivity contribution in [2.75, 3.05) is 13.2 Å². The molecule has 0 spiro atoms. The van der Waals surface area contributed by atoms with Crippen molar-refractivity contribution in [1.82, 2.24) is 0 Å². The summed E-state index contributed by atoms with van der Waals surface area (Å²) >= 11 is -1.50. The van der Waals surface area contributed by atoms with Gasteiger partial charge in [0.15, 0.2) is 8.32 Å². The first-order chi connectivity index (χ1) is 14.5. The Morgan fingerprint density at radius 1 is 1.31 bits per heavy atom. The molecule has 2 atom stereocenters. The summed E-state index contributed by atoms with van der Waals surface area (Å²) in [6.45, 7) is 18.2. The standard InChI is InChI=1S/C22H35FN4O3SSi/c1-15(26-31(28)20(2,3)4)18-11-17(23)10-16-12-22(13-25-27-24,30-19(16)18)14-29-32(8,9)21(5,6)7/h10-11H,12-14H2,1-9H3. The van der Waals surface area contributed by atoms with E-state index in [0.717, 1.165) is 0 Å². The number of hydrogen-bond acceptors (Lipinski definition) is 5. The van der Waals surface area contributed by atoms with Crippen molar-refractivity contribution < 1.29 is 18.1 Å². The largest absolute Gasteiger partial charge is 0.591 e. The van der Waals surface area contributed by atoms with Crippen LogP contribution in [0.3, 0.4) is 0 Å². The number of rotatable bonds is 7. The summed E-state index contributed by atoms with van der Waals surface area (Å²) in [7, 11) is -2.10. The van der Waals surface area contributed by atoms with Gasteiger partial charge in [0.1, 0.15) is 33.3 Å². The summed E-state index contributed by atoms with van der Waals surface area (Å²) in [6.07, 6.45) is 0.344. The number of halogens is 1. The average molecular weight is 483 g/mol. The van der Waals surface area contributed by atoms with Gasteiger partial charge in [-0.15, -0.1) is 0 Å². The van der Waals surface area contributed by atoms with Crippen LogP contribution in [0.1, 0.15) is 59.6 Å². The highest BCUT2D eigenvalue weighted by molar-refractivity contribution is 7.91. The number of ether oxygens (including phenoxy) is 1. The number of fused-ring (bicyclic) bond motifs is 1. The van der Waals surface area contributed by atoms with Crippen LogP contribution in [0, 0.1) is 5.82 Å². The first kappa shape index (κ1) is 26.7. The van der Waals surface area contributed by atoms with Gasteiger partial charge < -0.3 is 13.7 Å². The second-order valence-corrected chi connectivity index (χ2v) is 17.6. The molecule has 7 nitrogen and oxygen atoms in total. The van der Waals surface area contributed by atoms with Crippen LogP contribution in [-0.2, 0) is 22.2 Å². The molecule has 0 fully saturated rings. The van der Waals surface area contributed by atoms with E-state index < -0.39 is 35.8 Å². The molecule has 1 aliphatic heterocycles. The lowest BCUT2D eigenvalue weighted by Crippen LogP contribution is -2.49. The van der Waals surface area contributed by atoms with Gasteiger partial charge in [-0.25, -0.2) is 4.39 Å². The zero-order valence-corrected chi connectivity index (χ0v) is 22.4. The molecule has 10 heteroatoms. The first-order valence-electron chi connectivity index (χ1n) is 10.7. The Bertz CT molecular complexity index is 936. The van der Waals surface area contributed by atoms with E-state index in [0.29, 0.717) is 29.0 Å². The molecule has 0 radical (unpaired) electrons. The maximum absolute atomic E-state index is 14.5. The minimum atomic E-state index is -2.10. The minimum Gasteiger partial charge on any atom is -0.591 e. The summed E-state index contributed by atoms with van der Waals surface area (Å²) < 4.78 is 43.6. The number of benzene rings is 1. The Kier molecular flexibility index (Phi) is 7.79. The fourth-order valence-corrected chi connectivity index (χ4v) is 4.66. The van der Waals surface area contributed by atoms with Crippen LogP contribution >= 0.6 is 0 Å². The average Bonchev–Trinajstić information content (AvgIpc) is 3.01. The van der Waals surface area contributed by atoms with Gasteiger partial charge in [-0.1, -0.05) is 30.3 Å². The van der Waals surface area contributed by atoms with Crippen LogP contribution in [0.25, 0.3) is 10.4 Å². The van der Waals surface area contributed by atoms with E-state index >= 15 is 0 Å². The summed E-state index contributed by atoms with van der Waals surface area (Å²) in [4.78, 5) is 2.90. The molecular formula is C22H35FN4O3SSi. The van der Waals surface area contributed by atoms with Crippen LogP contribution in [0.15, 0.2) is 21.6 Å². The third-order valence-electron chi connectivity index (χ3n) is 6.02. The number of hydrogen-bond donors (Lipinski definition) is 0. The second kappa shape index (κ2) is 9.35. The van der Waals surface area contributed by atoms with E-state index in [1.165, 1.54) is 12.1 Å². The highest BCUT2D eigenvalue weighted by atomic mass is 32.2. The third kappa shape index (κ3) is 6.05. The minimum absolute atomic E-state index is 0.00429. The maximum atomic E-state index is 14.5. The lowest BCUT2D eigenvalue weighted by molar-refractivity contribution is 0.0408. The van der Waals surface area contributed by atoms with Crippen molar-refractivity contribution in [3.05, 3.63) is 39.5 Å². The highest BCUT2D eigenvalue weighted by Crippen LogP contribution is 2.42. The van der Waals surface area contributed by atoms with Gasteiger partial charge in [0.2, 0.25) is 0 Å². The monoisotopic (exact) mass is 482 g/mol. The molecule has 32 heavy (non-hydrogen) atoms. The topological polar surface area (TPSA) is 103 Å². The second-order valence-electron chi connectivity index (χ2n) is 10.9. The predicted octanol–water partition coefficient (Wildman–Crippen LogP) is 6.10. The predicted molar refractivity (Wildman–Crippen MR) is 131 cm³/mol. The van der Waals surface area contributed by atoms with E-state index in [2.05, 4.69) is 48.3 Å². The van der Waals surface area contributed by atoms with Crippen molar-refractivity contribution in [2.24, 2.45) is 9.51 Å². The molecule has 0 saturated heterocycles. The SMILES string of the molecule is CC(=N[S+]([O-])C(C)(C)C)c1cc(F)cc2c1OC(CN=[N+]=[N-])(CO[Si](C)(C)C(C)(C)C)C2. The molecule has 0 aliphatic carbocycles. The number of nitrogens with zero attached hydrogens (tertiary/aromatic N) is 4. The number of azide groups is 1. The molecule has 1 aromatic carbocycles. The van der Waals surface area contributed by atoms with Crippen LogP contribution in [0.2, 0.25) is 18.1 Å². The molecular weight excluding hydrogens is 447 g/mol. The van der Waals surface area contributed by atoms with Gasteiger partial charge in [0.25, 0.3) is 0 Å². The fourth-order valence-electron chi connectivity index (χ4n) is 2.98. The zero-order chi connectivity index (χ0) is 24.5. The van der Waals surface area contributed by atoms with E-state index in [9.17, 15) is 8.94 Å². The van der Waals surface area contributed by atoms with Crippen molar-refractivity contribution >= 4 is 25.4 Å². The van der Waals surface area contributed by atoms with Crippen LogP contribution in [0.4, 0.5) is 4.39 Å². The van der Waals surface area contributed by atoms with Gasteiger partial charge in [0.05, 0.1) is 18.9 Å². The lowest BCUT2D eigenvalue weighted by Gasteiger charge is -2.39. The summed E-state index contributed by atoms with van der Waals surface area (Å²) in [6, 6.07) is 2.77. The molecule has 2 rings (SSSR count). The highest BCUT2D eigenvalue weighted by Gasteiger charge is 2.45. The molecule has 0 saturated carbocycles. The molecule has 178 valence electrons. The lowest BCUT2D eigenvalue weighted by atomic mass is 9.97. The first-order valence-corrected chi connectivity index (χ1v) is 14.7. The van der Waals surface area contributed by atoms with Crippen LogP contribution < -0.4 is 4.74 Å². The molecule has 1 aliphatic rings. The molecule has 0 amide bonds. The Balaban J connectivity index is 2.45. The van der Waals surface area contributed by atoms with Gasteiger partial charge in [-0.2, -0.15) is 0 Å². The van der Waals surface area contributed by atoms with Gasteiger partial charge in [-0.3, -0.25) is 0 Å². The van der Waals surface area contributed by atoms with E-state index in [1.807, 2.05) is 20.8 Å². The van der Waals surface area contributed by atoms with Crippen LogP contribution in [-0.4, -0.2) is 42.1 Å². The molecule has 0 bridgehead atoms. The summed E-state index contributed by atoms with van der Waals surface area (Å²) in [5.41, 5.74) is 9.54. The van der Waals surface area contributed by atoms with Crippen molar-refractivity contribution in [1.29, 1.82) is 0 Å². The Hall–Kier alpha value is -1.58. The van der Waals surface area contributed by atoms with Crippen LogP contribution in [0.5, 0.6) is 5.75 Å². The quantitative estimate of drug-likeness (QED) is 0.117. The van der Waals surface area contributed by atoms with Gasteiger partial charge in [0, 0.05) is 22.5 Å². The van der Waals surface area contributed by atoms with Crippen molar-refractivity contribution in [3.63, 3.8) is 0 Å². The Morgan fingerprint density at radius 2 is 1.94 bits per heavy atom. The third-order valence-corrected chi connectivity index (χ3v) is 12.0. The van der Waals surface area contributed by atoms with E-state index in [1.54, 1.807) is 6.92 Å². The van der Waals surface area contributed by atoms with Gasteiger partial charge in [-0.05, 0) is 63.5 Å². The molecule has 1 aromatic rings. The Labute approximate surface area is 194 Å². The molecule has 2 unspecified atom stereocenters. The van der Waals surface area contributed by atoms with Crippen molar-refractivity contribution in [2.45, 2.75) is 83.4 Å². The summed E-state index contributed by atoms with van der Waals surface area (Å²) in [5.74, 6) is 0.0499. The van der Waals surface area contributed by atoms with Crippen molar-refractivity contribution in [3.8, 4) is 5.75 Å².